The molecule has 5 rings (SSSR count). The Morgan fingerprint density at radius 2 is 1.93 bits per heavy atom. The van der Waals surface area contributed by atoms with Crippen molar-refractivity contribution in [1.82, 2.24) is 30.1 Å². The van der Waals surface area contributed by atoms with E-state index in [-0.39, 0.29) is 5.54 Å². The second-order valence-electron chi connectivity index (χ2n) is 7.52. The summed E-state index contributed by atoms with van der Waals surface area (Å²) in [5.74, 6) is 0. The first-order valence-electron chi connectivity index (χ1n) is 9.82. The maximum atomic E-state index is 4.64. The maximum absolute atomic E-state index is 4.64. The van der Waals surface area contributed by atoms with E-state index in [1.165, 1.54) is 24.8 Å². The van der Waals surface area contributed by atoms with Crippen LogP contribution in [0.15, 0.2) is 48.9 Å². The van der Waals surface area contributed by atoms with Crippen molar-refractivity contribution in [2.75, 3.05) is 6.54 Å². The van der Waals surface area contributed by atoms with E-state index in [1.807, 2.05) is 10.7 Å². The van der Waals surface area contributed by atoms with Gasteiger partial charge in [-0.1, -0.05) is 54.8 Å². The molecule has 0 saturated heterocycles. The second-order valence-corrected chi connectivity index (χ2v) is 7.52. The number of rotatable bonds is 5. The summed E-state index contributed by atoms with van der Waals surface area (Å²) in [5, 5.41) is 14.0. The quantitative estimate of drug-likeness (QED) is 0.570. The van der Waals surface area contributed by atoms with Gasteiger partial charge >= 0.3 is 0 Å². The number of hydrogen-bond acceptors (Lipinski definition) is 4. The highest BCUT2D eigenvalue weighted by Gasteiger charge is 2.38. The van der Waals surface area contributed by atoms with Crippen molar-refractivity contribution >= 4 is 16.6 Å². The highest BCUT2D eigenvalue weighted by Crippen LogP contribution is 2.39. The van der Waals surface area contributed by atoms with Crippen LogP contribution in [-0.4, -0.2) is 31.3 Å². The van der Waals surface area contributed by atoms with Gasteiger partial charge in [-0.05, 0) is 30.9 Å². The Labute approximate surface area is 158 Å². The number of benzene rings is 1. The Balaban J connectivity index is 1.51. The molecule has 0 radical (unpaired) electrons. The fourth-order valence-electron chi connectivity index (χ4n) is 4.46. The van der Waals surface area contributed by atoms with Crippen LogP contribution in [0.5, 0.6) is 0 Å². The van der Waals surface area contributed by atoms with Gasteiger partial charge < -0.3 is 10.3 Å². The van der Waals surface area contributed by atoms with Crippen LogP contribution < -0.4 is 5.32 Å². The van der Waals surface area contributed by atoms with E-state index in [0.717, 1.165) is 48.1 Å². The summed E-state index contributed by atoms with van der Waals surface area (Å²) in [4.78, 5) is 7.65. The Morgan fingerprint density at radius 3 is 2.78 bits per heavy atom. The number of aromatic nitrogens is 5. The molecule has 0 unspecified atom stereocenters. The van der Waals surface area contributed by atoms with E-state index in [9.17, 15) is 0 Å². The molecule has 0 atom stereocenters. The Morgan fingerprint density at radius 1 is 1.07 bits per heavy atom. The summed E-state index contributed by atoms with van der Waals surface area (Å²) >= 11 is 0. The lowest BCUT2D eigenvalue weighted by molar-refractivity contribution is 0.230. The minimum Gasteiger partial charge on any atom is -0.346 e. The number of nitrogens with one attached hydrogen (secondary N) is 2. The Bertz CT molecular complexity index is 1040. The van der Waals surface area contributed by atoms with Crippen LogP contribution in [0.3, 0.4) is 0 Å². The third kappa shape index (κ3) is 2.90. The zero-order chi connectivity index (χ0) is 18.1. The SMILES string of the molecule is c1ccc(CCNC2(c3nnn4cnc5[nH]ccc5c34)CCCCC2)cc1. The van der Waals surface area contributed by atoms with Crippen LogP contribution in [0, 0.1) is 0 Å². The highest BCUT2D eigenvalue weighted by molar-refractivity contribution is 5.93. The number of hydrogen-bond donors (Lipinski definition) is 2. The smallest absolute Gasteiger partial charge is 0.141 e. The van der Waals surface area contributed by atoms with Crippen molar-refractivity contribution in [3.8, 4) is 0 Å². The number of nitrogens with zero attached hydrogens (tertiary/aromatic N) is 4. The average molecular weight is 360 g/mol. The average Bonchev–Trinajstić information content (AvgIpc) is 3.36. The van der Waals surface area contributed by atoms with Gasteiger partial charge in [-0.3, -0.25) is 0 Å². The van der Waals surface area contributed by atoms with Gasteiger partial charge in [0.25, 0.3) is 0 Å². The summed E-state index contributed by atoms with van der Waals surface area (Å²) in [5.41, 5.74) is 4.29. The maximum Gasteiger partial charge on any atom is 0.141 e. The first-order chi connectivity index (χ1) is 13.4. The summed E-state index contributed by atoms with van der Waals surface area (Å²) in [7, 11) is 0. The third-order valence-corrected chi connectivity index (χ3v) is 5.85. The molecule has 3 aromatic heterocycles. The van der Waals surface area contributed by atoms with Gasteiger partial charge in [-0.2, -0.15) is 0 Å². The molecule has 1 aliphatic rings. The molecule has 1 aromatic carbocycles. The normalized spacial score (nSPS) is 16.9. The minimum absolute atomic E-state index is 0.111. The van der Waals surface area contributed by atoms with Crippen LogP contribution in [-0.2, 0) is 12.0 Å². The predicted molar refractivity (Wildman–Crippen MR) is 106 cm³/mol. The van der Waals surface area contributed by atoms with Crippen LogP contribution >= 0.6 is 0 Å². The van der Waals surface area contributed by atoms with E-state index in [0.29, 0.717) is 0 Å². The fraction of sp³-hybridized carbons (Fsp3) is 0.381. The lowest BCUT2D eigenvalue weighted by atomic mass is 9.78. The first-order valence-corrected chi connectivity index (χ1v) is 9.82. The molecule has 0 aliphatic heterocycles. The van der Waals surface area contributed by atoms with Crippen molar-refractivity contribution in [3.05, 3.63) is 60.2 Å². The lowest BCUT2D eigenvalue weighted by Crippen LogP contribution is -2.45. The largest absolute Gasteiger partial charge is 0.346 e. The Kier molecular flexibility index (Phi) is 4.13. The zero-order valence-corrected chi connectivity index (χ0v) is 15.4. The van der Waals surface area contributed by atoms with Crippen molar-refractivity contribution < 1.29 is 0 Å². The molecule has 1 saturated carbocycles. The molecule has 27 heavy (non-hydrogen) atoms. The topological polar surface area (TPSA) is 70.9 Å². The van der Waals surface area contributed by atoms with E-state index in [4.69, 9.17) is 0 Å². The standard InChI is InChI=1S/C21H24N6/c1-3-7-16(8-4-1)9-14-24-21(11-5-2-6-12-21)19-18-17-10-13-22-20(17)23-15-27(18)26-25-19/h1,3-4,7-8,10,13,15,22,24H,2,5-6,9,11-12,14H2. The van der Waals surface area contributed by atoms with Gasteiger partial charge in [0.2, 0.25) is 0 Å². The molecule has 6 heteroatoms. The van der Waals surface area contributed by atoms with E-state index >= 15 is 0 Å². The molecule has 4 aromatic rings. The molecule has 2 N–H and O–H groups in total. The summed E-state index contributed by atoms with van der Waals surface area (Å²) in [6.45, 7) is 0.935. The molecule has 3 heterocycles. The van der Waals surface area contributed by atoms with Crippen LogP contribution in [0.1, 0.15) is 43.4 Å². The second kappa shape index (κ2) is 6.78. The van der Waals surface area contributed by atoms with Crippen molar-refractivity contribution in [2.24, 2.45) is 0 Å². The molecule has 1 fully saturated rings. The molecule has 138 valence electrons. The van der Waals surface area contributed by atoms with Crippen molar-refractivity contribution in [1.29, 1.82) is 0 Å². The minimum atomic E-state index is -0.111. The van der Waals surface area contributed by atoms with Gasteiger partial charge in [0.05, 0.1) is 5.54 Å². The summed E-state index contributed by atoms with van der Waals surface area (Å²) in [6, 6.07) is 12.7. The van der Waals surface area contributed by atoms with Gasteiger partial charge in [0, 0.05) is 18.1 Å². The van der Waals surface area contributed by atoms with E-state index < -0.39 is 0 Å². The fourth-order valence-corrected chi connectivity index (χ4v) is 4.46. The first kappa shape index (κ1) is 16.4. The zero-order valence-electron chi connectivity index (χ0n) is 15.4. The van der Waals surface area contributed by atoms with Crippen LogP contribution in [0.2, 0.25) is 0 Å². The van der Waals surface area contributed by atoms with Gasteiger partial charge in [-0.15, -0.1) is 5.10 Å². The molecule has 1 aliphatic carbocycles. The number of fused-ring (bicyclic) bond motifs is 3. The number of H-pyrrole nitrogens is 1. The highest BCUT2D eigenvalue weighted by atomic mass is 15.4. The van der Waals surface area contributed by atoms with Crippen LogP contribution in [0.4, 0.5) is 0 Å². The summed E-state index contributed by atoms with van der Waals surface area (Å²) in [6.07, 6.45) is 10.6. The molecule has 0 amide bonds. The van der Waals surface area contributed by atoms with E-state index in [2.05, 4.69) is 62.0 Å². The lowest BCUT2D eigenvalue weighted by Gasteiger charge is -2.37. The van der Waals surface area contributed by atoms with Crippen molar-refractivity contribution in [3.63, 3.8) is 0 Å². The molecule has 0 spiro atoms. The monoisotopic (exact) mass is 360 g/mol. The number of aromatic amines is 1. The van der Waals surface area contributed by atoms with Crippen LogP contribution in [0.25, 0.3) is 16.6 Å². The van der Waals surface area contributed by atoms with Gasteiger partial charge in [0.15, 0.2) is 0 Å². The molecular formula is C21H24N6. The van der Waals surface area contributed by atoms with Gasteiger partial charge in [0.1, 0.15) is 23.2 Å². The predicted octanol–water partition coefficient (Wildman–Crippen LogP) is 3.60. The molecule has 6 nitrogen and oxygen atoms in total. The van der Waals surface area contributed by atoms with Crippen molar-refractivity contribution in [2.45, 2.75) is 44.1 Å². The third-order valence-electron chi connectivity index (χ3n) is 5.85. The molecule has 0 bridgehead atoms. The van der Waals surface area contributed by atoms with Gasteiger partial charge in [-0.25, -0.2) is 9.50 Å². The summed E-state index contributed by atoms with van der Waals surface area (Å²) < 4.78 is 1.82. The Hall–Kier alpha value is -2.73. The molecular weight excluding hydrogens is 336 g/mol. The van der Waals surface area contributed by atoms with E-state index in [1.54, 1.807) is 6.33 Å².